The summed E-state index contributed by atoms with van der Waals surface area (Å²) in [6.45, 7) is 9.32. The monoisotopic (exact) mass is 349 g/mol. The summed E-state index contributed by atoms with van der Waals surface area (Å²) in [6.07, 6.45) is 0.390. The summed E-state index contributed by atoms with van der Waals surface area (Å²) in [5, 5.41) is 3.12. The van der Waals surface area contributed by atoms with Crippen molar-refractivity contribution in [2.75, 3.05) is 0 Å². The van der Waals surface area contributed by atoms with Crippen LogP contribution in [-0.2, 0) is 17.8 Å². The first-order chi connectivity index (χ1) is 12.5. The maximum absolute atomic E-state index is 12.5. The second-order valence-corrected chi connectivity index (χ2v) is 7.36. The maximum atomic E-state index is 12.5. The molecule has 0 aliphatic heterocycles. The van der Waals surface area contributed by atoms with Crippen molar-refractivity contribution in [2.24, 2.45) is 5.92 Å². The fourth-order valence-corrected chi connectivity index (χ4v) is 3.32. The number of carbonyl (C=O) groups is 1. The Morgan fingerprint density at radius 1 is 1.08 bits per heavy atom. The summed E-state index contributed by atoms with van der Waals surface area (Å²) < 4.78 is 2.23. The number of nitrogens with one attached hydrogen (secondary N) is 1. The Kier molecular flexibility index (Phi) is 5.40. The van der Waals surface area contributed by atoms with E-state index in [4.69, 9.17) is 4.98 Å². The number of nitrogens with zero attached hydrogens (tertiary/aromatic N) is 2. The highest BCUT2D eigenvalue weighted by atomic mass is 16.1. The number of aryl methyl sites for hydroxylation is 1. The molecule has 1 unspecified atom stereocenters. The lowest BCUT2D eigenvalue weighted by atomic mass is 10.1. The van der Waals surface area contributed by atoms with Crippen LogP contribution in [0.5, 0.6) is 0 Å². The molecule has 1 N–H and O–H groups in total. The minimum atomic E-state index is -0.141. The molecule has 2 aromatic carbocycles. The molecule has 3 aromatic rings. The van der Waals surface area contributed by atoms with Crippen LogP contribution in [0, 0.1) is 12.8 Å². The van der Waals surface area contributed by atoms with Crippen LogP contribution in [-0.4, -0.2) is 15.5 Å². The number of rotatable bonds is 6. The molecule has 1 heterocycles. The predicted octanol–water partition coefficient (Wildman–Crippen LogP) is 4.42. The number of benzene rings is 2. The summed E-state index contributed by atoms with van der Waals surface area (Å²) in [4.78, 5) is 17.3. The van der Waals surface area contributed by atoms with E-state index in [9.17, 15) is 4.79 Å². The van der Waals surface area contributed by atoms with Crippen molar-refractivity contribution in [3.63, 3.8) is 0 Å². The minimum absolute atomic E-state index is 0.0231. The summed E-state index contributed by atoms with van der Waals surface area (Å²) in [5.41, 5.74) is 4.30. The average molecular weight is 349 g/mol. The topological polar surface area (TPSA) is 46.9 Å². The molecule has 0 aliphatic rings. The SMILES string of the molecule is Cc1ccccc1CC(=O)NC(C)c1nc2ccccc2n1CC(C)C. The van der Waals surface area contributed by atoms with E-state index >= 15 is 0 Å². The first-order valence-electron chi connectivity index (χ1n) is 9.24. The molecule has 0 aliphatic carbocycles. The van der Waals surface area contributed by atoms with Gasteiger partial charge in [-0.25, -0.2) is 4.98 Å². The van der Waals surface area contributed by atoms with E-state index in [-0.39, 0.29) is 11.9 Å². The number of hydrogen-bond acceptors (Lipinski definition) is 2. The van der Waals surface area contributed by atoms with Gasteiger partial charge in [-0.1, -0.05) is 50.2 Å². The van der Waals surface area contributed by atoms with Gasteiger partial charge in [0.05, 0.1) is 23.5 Å². The van der Waals surface area contributed by atoms with Gasteiger partial charge in [-0.15, -0.1) is 0 Å². The molecule has 0 saturated carbocycles. The van der Waals surface area contributed by atoms with Gasteiger partial charge in [0.2, 0.25) is 5.91 Å². The van der Waals surface area contributed by atoms with Gasteiger partial charge in [0.25, 0.3) is 0 Å². The summed E-state index contributed by atoms with van der Waals surface area (Å²) in [7, 11) is 0. The van der Waals surface area contributed by atoms with Gasteiger partial charge in [0.15, 0.2) is 0 Å². The van der Waals surface area contributed by atoms with Crippen LogP contribution in [0.3, 0.4) is 0 Å². The Labute approximate surface area is 155 Å². The van der Waals surface area contributed by atoms with Crippen molar-refractivity contribution in [1.29, 1.82) is 0 Å². The zero-order chi connectivity index (χ0) is 18.7. The van der Waals surface area contributed by atoms with Gasteiger partial charge >= 0.3 is 0 Å². The van der Waals surface area contributed by atoms with Gasteiger partial charge in [-0.05, 0) is 43.0 Å². The summed E-state index contributed by atoms with van der Waals surface area (Å²) in [6, 6.07) is 16.0. The minimum Gasteiger partial charge on any atom is -0.346 e. The van der Waals surface area contributed by atoms with Crippen molar-refractivity contribution in [3.05, 3.63) is 65.5 Å². The highest BCUT2D eigenvalue weighted by Crippen LogP contribution is 2.22. The number of aromatic nitrogens is 2. The van der Waals surface area contributed by atoms with Gasteiger partial charge in [-0.3, -0.25) is 4.79 Å². The Balaban J connectivity index is 1.82. The first-order valence-corrected chi connectivity index (χ1v) is 9.24. The highest BCUT2D eigenvalue weighted by molar-refractivity contribution is 5.80. The lowest BCUT2D eigenvalue weighted by Gasteiger charge is -2.18. The van der Waals surface area contributed by atoms with Crippen molar-refractivity contribution in [3.8, 4) is 0 Å². The molecule has 1 amide bonds. The molecule has 0 radical (unpaired) electrons. The predicted molar refractivity (Wildman–Crippen MR) is 106 cm³/mol. The third-order valence-electron chi connectivity index (χ3n) is 4.61. The number of hydrogen-bond donors (Lipinski definition) is 1. The van der Waals surface area contributed by atoms with E-state index in [1.165, 1.54) is 0 Å². The number of imidazole rings is 1. The van der Waals surface area contributed by atoms with Crippen molar-refractivity contribution < 1.29 is 4.79 Å². The molecule has 0 bridgehead atoms. The first kappa shape index (κ1) is 18.2. The van der Waals surface area contributed by atoms with Gasteiger partial charge < -0.3 is 9.88 Å². The molecule has 1 atom stereocenters. The molecule has 0 spiro atoms. The van der Waals surface area contributed by atoms with Gasteiger partial charge in [0.1, 0.15) is 5.82 Å². The van der Waals surface area contributed by atoms with Crippen LogP contribution in [0.25, 0.3) is 11.0 Å². The second-order valence-electron chi connectivity index (χ2n) is 7.36. The van der Waals surface area contributed by atoms with E-state index in [1.807, 2.05) is 56.3 Å². The second kappa shape index (κ2) is 7.73. The Bertz CT molecular complexity index is 911. The van der Waals surface area contributed by atoms with E-state index in [0.717, 1.165) is 34.5 Å². The molecule has 1 aromatic heterocycles. The van der Waals surface area contributed by atoms with Crippen molar-refractivity contribution in [2.45, 2.75) is 46.7 Å². The van der Waals surface area contributed by atoms with Crippen LogP contribution < -0.4 is 5.32 Å². The highest BCUT2D eigenvalue weighted by Gasteiger charge is 2.19. The van der Waals surface area contributed by atoms with E-state index in [1.54, 1.807) is 0 Å². The Morgan fingerprint density at radius 3 is 2.50 bits per heavy atom. The zero-order valence-corrected chi connectivity index (χ0v) is 16.0. The summed E-state index contributed by atoms with van der Waals surface area (Å²) in [5.74, 6) is 1.44. The largest absolute Gasteiger partial charge is 0.346 e. The number of carbonyl (C=O) groups excluding carboxylic acids is 1. The normalized spacial score (nSPS) is 12.5. The fourth-order valence-electron chi connectivity index (χ4n) is 3.32. The molecule has 136 valence electrons. The smallest absolute Gasteiger partial charge is 0.225 e. The van der Waals surface area contributed by atoms with Crippen LogP contribution in [0.15, 0.2) is 48.5 Å². The van der Waals surface area contributed by atoms with Crippen LogP contribution in [0.2, 0.25) is 0 Å². The lowest BCUT2D eigenvalue weighted by Crippen LogP contribution is -2.30. The number of amides is 1. The molecule has 3 rings (SSSR count). The van der Waals surface area contributed by atoms with E-state index in [0.29, 0.717) is 12.3 Å². The lowest BCUT2D eigenvalue weighted by molar-refractivity contribution is -0.121. The van der Waals surface area contributed by atoms with Crippen molar-refractivity contribution >= 4 is 16.9 Å². The average Bonchev–Trinajstić information content (AvgIpc) is 2.95. The third kappa shape index (κ3) is 3.96. The zero-order valence-electron chi connectivity index (χ0n) is 16.0. The van der Waals surface area contributed by atoms with Crippen LogP contribution in [0.4, 0.5) is 0 Å². The van der Waals surface area contributed by atoms with Crippen molar-refractivity contribution in [1.82, 2.24) is 14.9 Å². The quantitative estimate of drug-likeness (QED) is 0.716. The molecular weight excluding hydrogens is 322 g/mol. The molecular formula is C22H27N3O. The van der Waals surface area contributed by atoms with Crippen LogP contribution in [0.1, 0.15) is 43.8 Å². The number of fused-ring (bicyclic) bond motifs is 1. The molecule has 26 heavy (non-hydrogen) atoms. The maximum Gasteiger partial charge on any atom is 0.225 e. The van der Waals surface area contributed by atoms with E-state index in [2.05, 4.69) is 29.8 Å². The fraction of sp³-hybridized carbons (Fsp3) is 0.364. The molecule has 0 fully saturated rings. The molecule has 4 heteroatoms. The standard InChI is InChI=1S/C22H27N3O/c1-15(2)14-25-20-12-8-7-11-19(20)24-22(25)17(4)23-21(26)13-18-10-6-5-9-16(18)3/h5-12,15,17H,13-14H2,1-4H3,(H,23,26). The van der Waals surface area contributed by atoms with Crippen LogP contribution >= 0.6 is 0 Å². The van der Waals surface area contributed by atoms with E-state index < -0.39 is 0 Å². The molecule has 4 nitrogen and oxygen atoms in total. The summed E-state index contributed by atoms with van der Waals surface area (Å²) >= 11 is 0. The van der Waals surface area contributed by atoms with Gasteiger partial charge in [-0.2, -0.15) is 0 Å². The Morgan fingerprint density at radius 2 is 1.77 bits per heavy atom. The Hall–Kier alpha value is -2.62. The molecule has 0 saturated heterocycles. The third-order valence-corrected chi connectivity index (χ3v) is 4.61. The van der Waals surface area contributed by atoms with Gasteiger partial charge in [0, 0.05) is 6.54 Å². The number of para-hydroxylation sites is 2.